The molecule has 0 bridgehead atoms. The average Bonchev–Trinajstić information content (AvgIpc) is 2.83. The van der Waals surface area contributed by atoms with E-state index in [9.17, 15) is 4.79 Å². The number of carbonyl (C=O) groups excluding carboxylic acids is 1. The number of rotatable bonds is 6. The number of hydrogen-bond donors (Lipinski definition) is 2. The number of nitrogens with one attached hydrogen (secondary N) is 1. The monoisotopic (exact) mass is 388 g/mol. The highest BCUT2D eigenvalue weighted by Gasteiger charge is 2.25. The summed E-state index contributed by atoms with van der Waals surface area (Å²) >= 11 is 2.24. The summed E-state index contributed by atoms with van der Waals surface area (Å²) in [5.41, 5.74) is 0.855. The van der Waals surface area contributed by atoms with Crippen LogP contribution >= 0.6 is 22.6 Å². The first-order chi connectivity index (χ1) is 9.69. The molecule has 1 atom stereocenters. The van der Waals surface area contributed by atoms with E-state index in [1.54, 1.807) is 0 Å². The first-order valence-corrected chi connectivity index (χ1v) is 8.17. The summed E-state index contributed by atoms with van der Waals surface area (Å²) in [5.74, 6) is 0.0444. The number of amides is 1. The number of benzene rings is 1. The zero-order valence-electron chi connectivity index (χ0n) is 11.5. The zero-order valence-corrected chi connectivity index (χ0v) is 13.7. The van der Waals surface area contributed by atoms with Crippen LogP contribution in [0.2, 0.25) is 0 Å². The van der Waals surface area contributed by atoms with Gasteiger partial charge in [-0.15, -0.1) is 0 Å². The Bertz CT molecular complexity index is 453. The van der Waals surface area contributed by atoms with E-state index in [0.29, 0.717) is 12.6 Å². The van der Waals surface area contributed by atoms with Crippen molar-refractivity contribution >= 4 is 34.2 Å². The van der Waals surface area contributed by atoms with Crippen LogP contribution in [0.4, 0.5) is 5.69 Å². The molecule has 5 heteroatoms. The molecule has 1 saturated heterocycles. The standard InChI is InChI=1S/C15H21IN2O2/c16-12-4-1-5-13(10-12)17-15(20)11-18-8-2-6-14(18)7-3-9-19/h1,4-5,10,14,19H,2-3,6-9,11H2,(H,17,20). The Hall–Kier alpha value is -0.660. The Morgan fingerprint density at radius 1 is 1.50 bits per heavy atom. The molecule has 1 aromatic rings. The van der Waals surface area contributed by atoms with Crippen molar-refractivity contribution in [3.05, 3.63) is 27.8 Å². The topological polar surface area (TPSA) is 52.6 Å². The quantitative estimate of drug-likeness (QED) is 0.737. The van der Waals surface area contributed by atoms with Crippen molar-refractivity contribution in [1.29, 1.82) is 0 Å². The molecule has 0 saturated carbocycles. The second kappa shape index (κ2) is 7.95. The third-order valence-corrected chi connectivity index (χ3v) is 4.32. The van der Waals surface area contributed by atoms with Crippen LogP contribution in [0.3, 0.4) is 0 Å². The Balaban J connectivity index is 1.84. The van der Waals surface area contributed by atoms with Gasteiger partial charge in [0.25, 0.3) is 0 Å². The maximum absolute atomic E-state index is 12.1. The van der Waals surface area contributed by atoms with Gasteiger partial charge in [-0.05, 0) is 73.0 Å². The molecule has 2 rings (SSSR count). The minimum atomic E-state index is 0.0444. The lowest BCUT2D eigenvalue weighted by Gasteiger charge is -2.23. The summed E-state index contributed by atoms with van der Waals surface area (Å²) in [5, 5.41) is 11.9. The minimum Gasteiger partial charge on any atom is -0.396 e. The van der Waals surface area contributed by atoms with Gasteiger partial charge in [0.15, 0.2) is 0 Å². The highest BCUT2D eigenvalue weighted by Crippen LogP contribution is 2.21. The van der Waals surface area contributed by atoms with Crippen LogP contribution in [0.15, 0.2) is 24.3 Å². The Morgan fingerprint density at radius 3 is 3.10 bits per heavy atom. The maximum atomic E-state index is 12.1. The van der Waals surface area contributed by atoms with Crippen molar-refractivity contribution in [2.45, 2.75) is 31.7 Å². The molecule has 110 valence electrons. The fourth-order valence-corrected chi connectivity index (χ4v) is 3.25. The van der Waals surface area contributed by atoms with E-state index in [4.69, 9.17) is 5.11 Å². The molecule has 1 unspecified atom stereocenters. The molecule has 2 N–H and O–H groups in total. The number of hydrogen-bond acceptors (Lipinski definition) is 3. The van der Waals surface area contributed by atoms with Gasteiger partial charge in [0.2, 0.25) is 5.91 Å². The van der Waals surface area contributed by atoms with Gasteiger partial charge in [-0.2, -0.15) is 0 Å². The lowest BCUT2D eigenvalue weighted by molar-refractivity contribution is -0.117. The summed E-state index contributed by atoms with van der Waals surface area (Å²) in [7, 11) is 0. The third-order valence-electron chi connectivity index (χ3n) is 3.65. The molecule has 1 heterocycles. The van der Waals surface area contributed by atoms with Crippen LogP contribution in [0.25, 0.3) is 0 Å². The Kier molecular flexibility index (Phi) is 6.25. The van der Waals surface area contributed by atoms with Crippen LogP contribution < -0.4 is 5.32 Å². The van der Waals surface area contributed by atoms with E-state index in [0.717, 1.165) is 41.5 Å². The molecule has 0 aromatic heterocycles. The van der Waals surface area contributed by atoms with Crippen LogP contribution in [-0.4, -0.2) is 41.7 Å². The summed E-state index contributed by atoms with van der Waals surface area (Å²) in [6.07, 6.45) is 4.08. The Labute approximate surface area is 133 Å². The van der Waals surface area contributed by atoms with Crippen LogP contribution in [0.1, 0.15) is 25.7 Å². The molecule has 1 aliphatic heterocycles. The minimum absolute atomic E-state index is 0.0444. The van der Waals surface area contributed by atoms with Crippen LogP contribution in [0, 0.1) is 3.57 Å². The second-order valence-electron chi connectivity index (χ2n) is 5.19. The van der Waals surface area contributed by atoms with E-state index >= 15 is 0 Å². The number of carbonyl (C=O) groups is 1. The summed E-state index contributed by atoms with van der Waals surface area (Å²) in [4.78, 5) is 14.3. The second-order valence-corrected chi connectivity index (χ2v) is 6.44. The van der Waals surface area contributed by atoms with Crippen LogP contribution in [0.5, 0.6) is 0 Å². The van der Waals surface area contributed by atoms with Gasteiger partial charge in [0.05, 0.1) is 6.54 Å². The number of nitrogens with zero attached hydrogens (tertiary/aromatic N) is 1. The van der Waals surface area contributed by atoms with Crippen molar-refractivity contribution in [3.63, 3.8) is 0 Å². The summed E-state index contributed by atoms with van der Waals surface area (Å²) in [6.45, 7) is 1.66. The zero-order chi connectivity index (χ0) is 14.4. The third kappa shape index (κ3) is 4.71. The van der Waals surface area contributed by atoms with E-state index in [1.807, 2.05) is 24.3 Å². The Morgan fingerprint density at radius 2 is 2.35 bits per heavy atom. The van der Waals surface area contributed by atoms with Crippen LogP contribution in [-0.2, 0) is 4.79 Å². The number of likely N-dealkylation sites (tertiary alicyclic amines) is 1. The van der Waals surface area contributed by atoms with Crippen molar-refractivity contribution in [3.8, 4) is 0 Å². The van der Waals surface area contributed by atoms with Crippen molar-refractivity contribution in [2.75, 3.05) is 25.0 Å². The number of anilines is 1. The molecule has 1 amide bonds. The van der Waals surface area contributed by atoms with E-state index in [2.05, 4.69) is 32.8 Å². The van der Waals surface area contributed by atoms with Gasteiger partial charge >= 0.3 is 0 Å². The van der Waals surface area contributed by atoms with Crippen molar-refractivity contribution in [1.82, 2.24) is 4.90 Å². The number of aliphatic hydroxyl groups excluding tert-OH is 1. The van der Waals surface area contributed by atoms with Gasteiger partial charge < -0.3 is 10.4 Å². The molecule has 1 aliphatic rings. The predicted octanol–water partition coefficient (Wildman–Crippen LogP) is 2.47. The SMILES string of the molecule is O=C(CN1CCCC1CCCO)Nc1cccc(I)c1. The molecule has 20 heavy (non-hydrogen) atoms. The first-order valence-electron chi connectivity index (χ1n) is 7.09. The molecule has 4 nitrogen and oxygen atoms in total. The first kappa shape index (κ1) is 15.7. The lowest BCUT2D eigenvalue weighted by Crippen LogP contribution is -2.36. The fraction of sp³-hybridized carbons (Fsp3) is 0.533. The molecule has 0 radical (unpaired) electrons. The molecular weight excluding hydrogens is 367 g/mol. The molecule has 0 aliphatic carbocycles. The van der Waals surface area contributed by atoms with E-state index in [-0.39, 0.29) is 12.5 Å². The van der Waals surface area contributed by atoms with Crippen molar-refractivity contribution < 1.29 is 9.90 Å². The van der Waals surface area contributed by atoms with E-state index in [1.165, 1.54) is 0 Å². The van der Waals surface area contributed by atoms with Gasteiger partial charge in [0.1, 0.15) is 0 Å². The highest BCUT2D eigenvalue weighted by molar-refractivity contribution is 14.1. The lowest BCUT2D eigenvalue weighted by atomic mass is 10.1. The smallest absolute Gasteiger partial charge is 0.238 e. The number of aliphatic hydroxyl groups is 1. The normalized spacial score (nSPS) is 19.2. The highest BCUT2D eigenvalue weighted by atomic mass is 127. The largest absolute Gasteiger partial charge is 0.396 e. The summed E-state index contributed by atoms with van der Waals surface area (Å²) in [6, 6.07) is 8.27. The fourth-order valence-electron chi connectivity index (χ4n) is 2.71. The maximum Gasteiger partial charge on any atom is 0.238 e. The van der Waals surface area contributed by atoms with Gasteiger partial charge in [-0.25, -0.2) is 0 Å². The number of halogens is 1. The molecule has 1 fully saturated rings. The van der Waals surface area contributed by atoms with Gasteiger partial charge in [-0.3, -0.25) is 9.69 Å². The van der Waals surface area contributed by atoms with E-state index < -0.39 is 0 Å². The predicted molar refractivity (Wildman–Crippen MR) is 88.7 cm³/mol. The average molecular weight is 388 g/mol. The molecular formula is C15H21IN2O2. The molecule has 0 spiro atoms. The molecule has 1 aromatic carbocycles. The summed E-state index contributed by atoms with van der Waals surface area (Å²) < 4.78 is 1.11. The van der Waals surface area contributed by atoms with Gasteiger partial charge in [0, 0.05) is 21.9 Å². The van der Waals surface area contributed by atoms with Gasteiger partial charge in [-0.1, -0.05) is 6.07 Å². The van der Waals surface area contributed by atoms with Crippen molar-refractivity contribution in [2.24, 2.45) is 0 Å².